The standard InChI is InChI=1S/C42H59F4NO2/c1-3-4-21-36(43)22-13-10-18-34-19-11-14-23-37(34)40(2,39-29-35-20-12-15-24-38(35)47-39)32-41(48,30-33-25-28-49-31-33)26-16-8-6-5-7-9-17-27-42(44,45)46/h11-12,14-15,19-20,23-25,28-29,33,36,47-48H,3-10,13,16-18,21-22,26-27,30-32H2,1-2H3. The number of hydrogen-bond donors (Lipinski definition) is 2. The number of ether oxygens (including phenoxy) is 1. The number of aromatic nitrogens is 1. The van der Waals surface area contributed by atoms with E-state index in [1.807, 2.05) is 12.1 Å². The number of halogens is 4. The molecule has 0 fully saturated rings. The first kappa shape index (κ1) is 39.0. The molecule has 1 aliphatic heterocycles. The summed E-state index contributed by atoms with van der Waals surface area (Å²) in [5.41, 5.74) is 3.06. The van der Waals surface area contributed by atoms with E-state index in [0.717, 1.165) is 80.8 Å². The number of hydrogen-bond acceptors (Lipinski definition) is 2. The Hall–Kier alpha value is -2.80. The highest BCUT2D eigenvalue weighted by atomic mass is 19.4. The van der Waals surface area contributed by atoms with Gasteiger partial charge >= 0.3 is 6.18 Å². The summed E-state index contributed by atoms with van der Waals surface area (Å²) in [6.07, 6.45) is 11.1. The van der Waals surface area contributed by atoms with E-state index in [9.17, 15) is 22.7 Å². The second-order valence-corrected chi connectivity index (χ2v) is 14.9. The smallest absolute Gasteiger partial charge is 0.389 e. The summed E-state index contributed by atoms with van der Waals surface area (Å²) in [6.45, 7) is 4.92. The van der Waals surface area contributed by atoms with E-state index in [4.69, 9.17) is 4.74 Å². The molecule has 272 valence electrons. The number of H-pyrrole nitrogens is 1. The van der Waals surface area contributed by atoms with Crippen LogP contribution in [0.15, 0.2) is 66.9 Å². The van der Waals surface area contributed by atoms with Gasteiger partial charge < -0.3 is 14.8 Å². The zero-order valence-electron chi connectivity index (χ0n) is 29.8. The summed E-state index contributed by atoms with van der Waals surface area (Å²) in [7, 11) is 0. The Morgan fingerprint density at radius 3 is 2.22 bits per heavy atom. The lowest BCUT2D eigenvalue weighted by molar-refractivity contribution is -0.135. The molecule has 0 amide bonds. The third-order valence-electron chi connectivity index (χ3n) is 10.5. The SMILES string of the molecule is CCCCC(F)CCCCc1ccccc1C(C)(CC(O)(CCCCCCCCCC(F)(F)F)CC1C=COC1)c1cc2ccccc2[nH]1. The molecule has 4 unspecified atom stereocenters. The molecule has 7 heteroatoms. The van der Waals surface area contributed by atoms with E-state index >= 15 is 0 Å². The van der Waals surface area contributed by atoms with Crippen LogP contribution < -0.4 is 0 Å². The van der Waals surface area contributed by atoms with E-state index < -0.39 is 29.8 Å². The van der Waals surface area contributed by atoms with E-state index in [1.165, 1.54) is 11.1 Å². The van der Waals surface area contributed by atoms with E-state index in [-0.39, 0.29) is 12.3 Å². The van der Waals surface area contributed by atoms with Crippen LogP contribution in [0.5, 0.6) is 0 Å². The molecule has 1 aromatic heterocycles. The van der Waals surface area contributed by atoms with Crippen LogP contribution in [0.2, 0.25) is 0 Å². The molecular formula is C42H59F4NO2. The van der Waals surface area contributed by atoms with Crippen molar-refractivity contribution in [2.45, 2.75) is 153 Å². The molecule has 2 aromatic carbocycles. The quantitative estimate of drug-likeness (QED) is 0.0771. The molecule has 2 N–H and O–H groups in total. The van der Waals surface area contributed by atoms with E-state index in [2.05, 4.69) is 67.4 Å². The predicted octanol–water partition coefficient (Wildman–Crippen LogP) is 12.5. The second-order valence-electron chi connectivity index (χ2n) is 14.9. The Morgan fingerprint density at radius 2 is 1.53 bits per heavy atom. The van der Waals surface area contributed by atoms with Crippen LogP contribution in [-0.4, -0.2) is 34.6 Å². The van der Waals surface area contributed by atoms with Crippen molar-refractivity contribution in [3.63, 3.8) is 0 Å². The summed E-state index contributed by atoms with van der Waals surface area (Å²) >= 11 is 0. The molecular weight excluding hydrogens is 626 g/mol. The van der Waals surface area contributed by atoms with Crippen LogP contribution >= 0.6 is 0 Å². The Labute approximate surface area is 291 Å². The third kappa shape index (κ3) is 12.5. The van der Waals surface area contributed by atoms with Crippen molar-refractivity contribution in [3.8, 4) is 0 Å². The van der Waals surface area contributed by atoms with Gasteiger partial charge in [-0.2, -0.15) is 13.2 Å². The zero-order valence-corrected chi connectivity index (χ0v) is 29.8. The Balaban J connectivity index is 1.52. The fourth-order valence-corrected chi connectivity index (χ4v) is 7.83. The first-order valence-corrected chi connectivity index (χ1v) is 18.9. The molecule has 0 bridgehead atoms. The molecule has 4 rings (SSSR count). The Kier molecular flexibility index (Phi) is 15.1. The maximum atomic E-state index is 14.4. The van der Waals surface area contributed by atoms with Gasteiger partial charge in [0.15, 0.2) is 0 Å². The van der Waals surface area contributed by atoms with Crippen molar-refractivity contribution in [1.29, 1.82) is 0 Å². The number of aliphatic hydroxyl groups is 1. The van der Waals surface area contributed by atoms with Gasteiger partial charge in [0.05, 0.1) is 18.5 Å². The Morgan fingerprint density at radius 1 is 0.857 bits per heavy atom. The normalized spacial score (nSPS) is 18.0. The van der Waals surface area contributed by atoms with E-state index in [0.29, 0.717) is 45.1 Å². The molecule has 3 nitrogen and oxygen atoms in total. The first-order valence-electron chi connectivity index (χ1n) is 18.9. The minimum atomic E-state index is -4.07. The van der Waals surface area contributed by atoms with Crippen molar-refractivity contribution in [1.82, 2.24) is 4.98 Å². The van der Waals surface area contributed by atoms with Crippen molar-refractivity contribution in [3.05, 3.63) is 83.8 Å². The predicted molar refractivity (Wildman–Crippen MR) is 194 cm³/mol. The lowest BCUT2D eigenvalue weighted by atomic mass is 9.67. The number of para-hydroxylation sites is 1. The molecule has 0 saturated heterocycles. The molecule has 0 aliphatic carbocycles. The highest BCUT2D eigenvalue weighted by molar-refractivity contribution is 5.81. The van der Waals surface area contributed by atoms with Gasteiger partial charge in [0.25, 0.3) is 0 Å². The molecule has 1 aliphatic rings. The third-order valence-corrected chi connectivity index (χ3v) is 10.5. The van der Waals surface area contributed by atoms with Gasteiger partial charge in [-0.05, 0) is 93.0 Å². The first-order chi connectivity index (χ1) is 23.5. The van der Waals surface area contributed by atoms with Gasteiger partial charge in [0.1, 0.15) is 6.17 Å². The minimum Gasteiger partial charge on any atom is -0.501 e. The average Bonchev–Trinajstić information content (AvgIpc) is 3.75. The van der Waals surface area contributed by atoms with Crippen LogP contribution in [0.25, 0.3) is 10.9 Å². The fourth-order valence-electron chi connectivity index (χ4n) is 7.83. The van der Waals surface area contributed by atoms with Crippen LogP contribution in [-0.2, 0) is 16.6 Å². The van der Waals surface area contributed by atoms with E-state index in [1.54, 1.807) is 6.26 Å². The Bertz CT molecular complexity index is 1380. The summed E-state index contributed by atoms with van der Waals surface area (Å²) in [5.74, 6) is 0.127. The minimum absolute atomic E-state index is 0.127. The number of fused-ring (bicyclic) bond motifs is 1. The van der Waals surface area contributed by atoms with Gasteiger partial charge in [-0.1, -0.05) is 107 Å². The van der Waals surface area contributed by atoms with Gasteiger partial charge in [0, 0.05) is 29.0 Å². The summed E-state index contributed by atoms with van der Waals surface area (Å²) in [4.78, 5) is 3.72. The van der Waals surface area contributed by atoms with Crippen molar-refractivity contribution in [2.24, 2.45) is 5.92 Å². The second kappa shape index (κ2) is 19.0. The van der Waals surface area contributed by atoms with Gasteiger partial charge in [-0.3, -0.25) is 0 Å². The number of unbranched alkanes of at least 4 members (excludes halogenated alkanes) is 8. The van der Waals surface area contributed by atoms with Crippen LogP contribution in [0.1, 0.15) is 140 Å². The monoisotopic (exact) mass is 685 g/mol. The number of aromatic amines is 1. The number of nitrogens with one attached hydrogen (secondary N) is 1. The summed E-state index contributed by atoms with van der Waals surface area (Å²) in [5, 5.41) is 13.8. The largest absolute Gasteiger partial charge is 0.501 e. The molecule has 0 radical (unpaired) electrons. The molecule has 0 saturated carbocycles. The van der Waals surface area contributed by atoms with Gasteiger partial charge in [0.2, 0.25) is 0 Å². The highest BCUT2D eigenvalue weighted by Gasteiger charge is 2.42. The lowest BCUT2D eigenvalue weighted by Crippen LogP contribution is -2.41. The topological polar surface area (TPSA) is 45.2 Å². The summed E-state index contributed by atoms with van der Waals surface area (Å²) < 4.78 is 57.4. The maximum absolute atomic E-state index is 14.4. The molecule has 3 aromatic rings. The van der Waals surface area contributed by atoms with Gasteiger partial charge in [-0.15, -0.1) is 0 Å². The molecule has 0 spiro atoms. The number of aryl methyl sites for hydroxylation is 1. The zero-order chi connectivity index (χ0) is 35.2. The van der Waals surface area contributed by atoms with Crippen LogP contribution in [0.4, 0.5) is 17.6 Å². The van der Waals surface area contributed by atoms with Crippen LogP contribution in [0, 0.1) is 5.92 Å². The van der Waals surface area contributed by atoms with Gasteiger partial charge in [-0.25, -0.2) is 4.39 Å². The molecule has 49 heavy (non-hydrogen) atoms. The lowest BCUT2D eigenvalue weighted by Gasteiger charge is -2.41. The number of benzene rings is 2. The van der Waals surface area contributed by atoms with Crippen molar-refractivity contribution < 1.29 is 27.4 Å². The van der Waals surface area contributed by atoms with Crippen LogP contribution in [0.3, 0.4) is 0 Å². The average molecular weight is 686 g/mol. The fraction of sp³-hybridized carbons (Fsp3) is 0.619. The number of rotatable bonds is 23. The van der Waals surface area contributed by atoms with Crippen molar-refractivity contribution >= 4 is 10.9 Å². The number of alkyl halides is 4. The maximum Gasteiger partial charge on any atom is 0.389 e. The molecule has 2 heterocycles. The van der Waals surface area contributed by atoms with Crippen molar-refractivity contribution in [2.75, 3.05) is 6.61 Å². The highest BCUT2D eigenvalue weighted by Crippen LogP contribution is 2.45. The summed E-state index contributed by atoms with van der Waals surface area (Å²) in [6, 6.07) is 19.1. The molecule has 4 atom stereocenters.